The maximum atomic E-state index is 13.1. The van der Waals surface area contributed by atoms with Gasteiger partial charge in [-0.15, -0.1) is 5.10 Å². The van der Waals surface area contributed by atoms with Crippen LogP contribution in [0.25, 0.3) is 10.9 Å². The van der Waals surface area contributed by atoms with E-state index in [0.717, 1.165) is 12.1 Å². The van der Waals surface area contributed by atoms with E-state index in [-0.39, 0.29) is 24.4 Å². The number of amides is 1. The van der Waals surface area contributed by atoms with Crippen molar-refractivity contribution >= 4 is 22.5 Å². The summed E-state index contributed by atoms with van der Waals surface area (Å²) < 4.78 is 1.26. The summed E-state index contributed by atoms with van der Waals surface area (Å²) in [5.74, 6) is -0.0565. The van der Waals surface area contributed by atoms with Gasteiger partial charge in [0.25, 0.3) is 5.56 Å². The molecule has 4 rings (SSSR count). The molecule has 0 aliphatic heterocycles. The minimum atomic E-state index is -0.232. The summed E-state index contributed by atoms with van der Waals surface area (Å²) >= 11 is 0. The molecule has 0 spiro atoms. The molecule has 0 fully saturated rings. The van der Waals surface area contributed by atoms with E-state index in [4.69, 9.17) is 0 Å². The van der Waals surface area contributed by atoms with Gasteiger partial charge in [-0.05, 0) is 36.2 Å². The van der Waals surface area contributed by atoms with E-state index in [1.807, 2.05) is 54.6 Å². The highest BCUT2D eigenvalue weighted by Gasteiger charge is 2.16. The Morgan fingerprint density at radius 2 is 1.53 bits per heavy atom. The van der Waals surface area contributed by atoms with Gasteiger partial charge >= 0.3 is 0 Å². The summed E-state index contributed by atoms with van der Waals surface area (Å²) in [6, 6.07) is 26.8. The van der Waals surface area contributed by atoms with E-state index < -0.39 is 0 Å². The zero-order valence-corrected chi connectivity index (χ0v) is 16.5. The Kier molecular flexibility index (Phi) is 5.94. The standard InChI is InChI=1S/C24H22N4O2/c29-23(16-18-28-24(30)21-13-7-8-14-22(21)25-26-28)27(20-11-5-2-6-12-20)17-15-19-9-3-1-4-10-19/h1-14H,15-18H2. The molecule has 0 aliphatic rings. The first-order valence-corrected chi connectivity index (χ1v) is 9.94. The zero-order valence-electron chi connectivity index (χ0n) is 16.5. The van der Waals surface area contributed by atoms with E-state index >= 15 is 0 Å². The molecule has 0 saturated heterocycles. The average molecular weight is 398 g/mol. The van der Waals surface area contributed by atoms with Crippen LogP contribution in [0.15, 0.2) is 89.7 Å². The SMILES string of the molecule is O=C(CCn1nnc2ccccc2c1=O)N(CCc1ccccc1)c1ccccc1. The third-order valence-electron chi connectivity index (χ3n) is 5.00. The number of rotatable bonds is 7. The van der Waals surface area contributed by atoms with Crippen molar-refractivity contribution in [3.8, 4) is 0 Å². The summed E-state index contributed by atoms with van der Waals surface area (Å²) in [7, 11) is 0. The highest BCUT2D eigenvalue weighted by atomic mass is 16.2. The molecule has 1 aromatic heterocycles. The number of hydrogen-bond acceptors (Lipinski definition) is 4. The van der Waals surface area contributed by atoms with Crippen molar-refractivity contribution in [2.45, 2.75) is 19.4 Å². The number of aromatic nitrogens is 3. The Labute approximate surface area is 174 Å². The van der Waals surface area contributed by atoms with Crippen LogP contribution in [0.1, 0.15) is 12.0 Å². The number of para-hydroxylation sites is 1. The van der Waals surface area contributed by atoms with Crippen molar-refractivity contribution in [2.24, 2.45) is 0 Å². The Bertz CT molecular complexity index is 1190. The fourth-order valence-electron chi connectivity index (χ4n) is 3.40. The van der Waals surface area contributed by atoms with Gasteiger partial charge in [0.2, 0.25) is 5.91 Å². The molecular weight excluding hydrogens is 376 g/mol. The Morgan fingerprint density at radius 3 is 2.30 bits per heavy atom. The number of carbonyl (C=O) groups is 1. The van der Waals surface area contributed by atoms with Crippen LogP contribution in [-0.2, 0) is 17.8 Å². The monoisotopic (exact) mass is 398 g/mol. The van der Waals surface area contributed by atoms with Gasteiger partial charge in [0.1, 0.15) is 5.52 Å². The topological polar surface area (TPSA) is 68.1 Å². The van der Waals surface area contributed by atoms with Gasteiger partial charge in [-0.1, -0.05) is 65.9 Å². The number of benzene rings is 3. The second-order valence-corrected chi connectivity index (χ2v) is 7.00. The molecule has 0 unspecified atom stereocenters. The highest BCUT2D eigenvalue weighted by Crippen LogP contribution is 2.16. The molecule has 30 heavy (non-hydrogen) atoms. The summed E-state index contributed by atoms with van der Waals surface area (Å²) in [5, 5.41) is 8.58. The first kappa shape index (κ1) is 19.5. The molecule has 6 heteroatoms. The lowest BCUT2D eigenvalue weighted by molar-refractivity contribution is -0.118. The number of hydrogen-bond donors (Lipinski definition) is 0. The van der Waals surface area contributed by atoms with Gasteiger partial charge < -0.3 is 4.90 Å². The largest absolute Gasteiger partial charge is 0.312 e. The highest BCUT2D eigenvalue weighted by molar-refractivity contribution is 5.93. The lowest BCUT2D eigenvalue weighted by Crippen LogP contribution is -2.35. The predicted octanol–water partition coefficient (Wildman–Crippen LogP) is 3.46. The van der Waals surface area contributed by atoms with Crippen LogP contribution in [0.5, 0.6) is 0 Å². The zero-order chi connectivity index (χ0) is 20.8. The molecule has 150 valence electrons. The Balaban J connectivity index is 1.50. The summed E-state index contributed by atoms with van der Waals surface area (Å²) in [5.41, 5.74) is 2.33. The van der Waals surface area contributed by atoms with Crippen molar-refractivity contribution in [2.75, 3.05) is 11.4 Å². The van der Waals surface area contributed by atoms with Crippen LogP contribution in [0, 0.1) is 0 Å². The first-order chi connectivity index (χ1) is 14.7. The second kappa shape index (κ2) is 9.13. The van der Waals surface area contributed by atoms with Crippen LogP contribution in [-0.4, -0.2) is 27.4 Å². The van der Waals surface area contributed by atoms with Crippen molar-refractivity contribution in [3.63, 3.8) is 0 Å². The summed E-state index contributed by atoms with van der Waals surface area (Å²) in [6.45, 7) is 0.745. The molecule has 4 aromatic rings. The Morgan fingerprint density at radius 1 is 0.867 bits per heavy atom. The van der Waals surface area contributed by atoms with Gasteiger partial charge in [0.05, 0.1) is 11.9 Å². The third kappa shape index (κ3) is 4.43. The van der Waals surface area contributed by atoms with Gasteiger partial charge in [-0.3, -0.25) is 9.59 Å². The minimum absolute atomic E-state index is 0.0565. The Hall–Kier alpha value is -3.80. The molecule has 0 radical (unpaired) electrons. The number of fused-ring (bicyclic) bond motifs is 1. The quantitative estimate of drug-likeness (QED) is 0.478. The van der Waals surface area contributed by atoms with Crippen LogP contribution >= 0.6 is 0 Å². The van der Waals surface area contributed by atoms with Crippen molar-refractivity contribution in [3.05, 3.63) is 101 Å². The van der Waals surface area contributed by atoms with E-state index in [0.29, 0.717) is 17.4 Å². The number of aryl methyl sites for hydroxylation is 1. The number of nitrogens with zero attached hydrogens (tertiary/aromatic N) is 4. The van der Waals surface area contributed by atoms with E-state index in [9.17, 15) is 9.59 Å². The van der Waals surface area contributed by atoms with E-state index in [2.05, 4.69) is 22.4 Å². The van der Waals surface area contributed by atoms with E-state index in [1.54, 1.807) is 23.1 Å². The molecule has 0 saturated carbocycles. The molecule has 0 N–H and O–H groups in total. The number of carbonyl (C=O) groups excluding carboxylic acids is 1. The average Bonchev–Trinajstić information content (AvgIpc) is 2.80. The fourth-order valence-corrected chi connectivity index (χ4v) is 3.40. The first-order valence-electron chi connectivity index (χ1n) is 9.94. The molecule has 1 heterocycles. The van der Waals surface area contributed by atoms with Crippen molar-refractivity contribution < 1.29 is 4.79 Å². The van der Waals surface area contributed by atoms with E-state index in [1.165, 1.54) is 10.2 Å². The lowest BCUT2D eigenvalue weighted by Gasteiger charge is -2.23. The summed E-state index contributed by atoms with van der Waals surface area (Å²) in [4.78, 5) is 27.5. The van der Waals surface area contributed by atoms with Gasteiger partial charge in [-0.2, -0.15) is 0 Å². The summed E-state index contributed by atoms with van der Waals surface area (Å²) in [6.07, 6.45) is 0.911. The third-order valence-corrected chi connectivity index (χ3v) is 5.00. The van der Waals surface area contributed by atoms with Crippen molar-refractivity contribution in [1.29, 1.82) is 0 Å². The van der Waals surface area contributed by atoms with Gasteiger partial charge in [-0.25, -0.2) is 4.68 Å². The molecule has 0 atom stereocenters. The predicted molar refractivity (Wildman–Crippen MR) is 117 cm³/mol. The molecule has 0 bridgehead atoms. The molecule has 1 amide bonds. The van der Waals surface area contributed by atoms with Crippen molar-refractivity contribution in [1.82, 2.24) is 15.0 Å². The molecule has 6 nitrogen and oxygen atoms in total. The molecular formula is C24H22N4O2. The maximum Gasteiger partial charge on any atom is 0.277 e. The minimum Gasteiger partial charge on any atom is -0.312 e. The van der Waals surface area contributed by atoms with Crippen LogP contribution < -0.4 is 10.5 Å². The van der Waals surface area contributed by atoms with Gasteiger partial charge in [0.15, 0.2) is 0 Å². The molecule has 0 aliphatic carbocycles. The smallest absolute Gasteiger partial charge is 0.277 e. The normalized spacial score (nSPS) is 10.8. The lowest BCUT2D eigenvalue weighted by atomic mass is 10.1. The second-order valence-electron chi connectivity index (χ2n) is 7.00. The van der Waals surface area contributed by atoms with Crippen LogP contribution in [0.2, 0.25) is 0 Å². The van der Waals surface area contributed by atoms with Crippen LogP contribution in [0.3, 0.4) is 0 Å². The van der Waals surface area contributed by atoms with Crippen LogP contribution in [0.4, 0.5) is 5.69 Å². The fraction of sp³-hybridized carbons (Fsp3) is 0.167. The maximum absolute atomic E-state index is 13.1. The molecule has 3 aromatic carbocycles. The number of anilines is 1. The van der Waals surface area contributed by atoms with Gasteiger partial charge in [0, 0.05) is 18.7 Å².